The van der Waals surface area contributed by atoms with Crippen molar-refractivity contribution in [2.45, 2.75) is 38.1 Å². The third-order valence-electron chi connectivity index (χ3n) is 2.67. The number of nitrogens with zero attached hydrogens (tertiary/aromatic N) is 1. The molecule has 106 valence electrons. The summed E-state index contributed by atoms with van der Waals surface area (Å²) in [6.07, 6.45) is 2.42. The van der Waals surface area contributed by atoms with Crippen molar-refractivity contribution in [2.24, 2.45) is 5.41 Å². The van der Waals surface area contributed by atoms with Crippen molar-refractivity contribution in [2.75, 3.05) is 0 Å². The molecule has 0 fully saturated rings. The summed E-state index contributed by atoms with van der Waals surface area (Å²) in [4.78, 5) is 14.6. The molecule has 2 N–H and O–H groups in total. The predicted octanol–water partition coefficient (Wildman–Crippen LogP) is 1.25. The van der Waals surface area contributed by atoms with Gasteiger partial charge in [0, 0.05) is 18.4 Å². The highest BCUT2D eigenvalue weighted by Gasteiger charge is 2.31. The number of aromatic nitrogens is 1. The molecule has 0 aliphatic carbocycles. The summed E-state index contributed by atoms with van der Waals surface area (Å²) in [5, 5.41) is 8.87. The van der Waals surface area contributed by atoms with Crippen LogP contribution in [0.25, 0.3) is 0 Å². The maximum absolute atomic E-state index is 12.1. The van der Waals surface area contributed by atoms with Gasteiger partial charge in [-0.2, -0.15) is 0 Å². The van der Waals surface area contributed by atoms with Crippen LogP contribution in [-0.2, 0) is 14.8 Å². The predicted molar refractivity (Wildman–Crippen MR) is 70.1 cm³/mol. The van der Waals surface area contributed by atoms with Gasteiger partial charge in [-0.3, -0.25) is 9.78 Å². The molecule has 1 aromatic rings. The van der Waals surface area contributed by atoms with Crippen molar-refractivity contribution in [3.05, 3.63) is 24.5 Å². The van der Waals surface area contributed by atoms with Gasteiger partial charge in [0.2, 0.25) is 10.0 Å². The molecule has 0 aliphatic heterocycles. The number of aliphatic carboxylic acids is 1. The van der Waals surface area contributed by atoms with Crippen LogP contribution >= 0.6 is 0 Å². The van der Waals surface area contributed by atoms with E-state index in [4.69, 9.17) is 5.11 Å². The first kappa shape index (κ1) is 15.6. The summed E-state index contributed by atoms with van der Waals surface area (Å²) in [5.74, 6) is -1.05. The van der Waals surface area contributed by atoms with Crippen LogP contribution in [-0.4, -0.2) is 30.5 Å². The molecule has 0 saturated carbocycles. The molecule has 1 unspecified atom stereocenters. The lowest BCUT2D eigenvalue weighted by Crippen LogP contribution is -2.44. The van der Waals surface area contributed by atoms with E-state index in [2.05, 4.69) is 9.71 Å². The standard InChI is InChI=1S/C12H18N2O4S/c1-12(2,3)10(7-11(15)16)14-19(17,18)9-5-4-6-13-8-9/h4-6,8,10,14H,7H2,1-3H3,(H,15,16). The number of rotatable bonds is 5. The molecule has 0 bridgehead atoms. The molecule has 7 heteroatoms. The highest BCUT2D eigenvalue weighted by molar-refractivity contribution is 7.89. The quantitative estimate of drug-likeness (QED) is 0.849. The maximum Gasteiger partial charge on any atom is 0.304 e. The highest BCUT2D eigenvalue weighted by Crippen LogP contribution is 2.23. The minimum absolute atomic E-state index is 0.0228. The van der Waals surface area contributed by atoms with E-state index < -0.39 is 27.4 Å². The van der Waals surface area contributed by atoms with Crippen LogP contribution in [0, 0.1) is 5.41 Å². The van der Waals surface area contributed by atoms with E-state index in [1.54, 1.807) is 20.8 Å². The van der Waals surface area contributed by atoms with Crippen LogP contribution in [0.4, 0.5) is 0 Å². The summed E-state index contributed by atoms with van der Waals surface area (Å²) in [7, 11) is -3.76. The molecular weight excluding hydrogens is 268 g/mol. The summed E-state index contributed by atoms with van der Waals surface area (Å²) in [6, 6.07) is 2.23. The van der Waals surface area contributed by atoms with E-state index in [-0.39, 0.29) is 11.3 Å². The van der Waals surface area contributed by atoms with Crippen LogP contribution in [0.15, 0.2) is 29.4 Å². The molecular formula is C12H18N2O4S. The molecule has 6 nitrogen and oxygen atoms in total. The molecule has 0 amide bonds. The number of hydrogen-bond donors (Lipinski definition) is 2. The Morgan fingerprint density at radius 1 is 1.47 bits per heavy atom. The minimum Gasteiger partial charge on any atom is -0.481 e. The van der Waals surface area contributed by atoms with Gasteiger partial charge in [0.1, 0.15) is 4.90 Å². The van der Waals surface area contributed by atoms with Gasteiger partial charge in [-0.05, 0) is 17.5 Å². The maximum atomic E-state index is 12.1. The molecule has 0 aromatic carbocycles. The Balaban J connectivity index is 3.00. The van der Waals surface area contributed by atoms with Crippen LogP contribution in [0.2, 0.25) is 0 Å². The largest absolute Gasteiger partial charge is 0.481 e. The normalized spacial score (nSPS) is 14.1. The Hall–Kier alpha value is -1.47. The highest BCUT2D eigenvalue weighted by atomic mass is 32.2. The minimum atomic E-state index is -3.76. The zero-order chi connectivity index (χ0) is 14.7. The summed E-state index contributed by atoms with van der Waals surface area (Å²) in [5.41, 5.74) is -0.506. The first-order valence-corrected chi connectivity index (χ1v) is 7.25. The Labute approximate surface area is 112 Å². The fourth-order valence-corrected chi connectivity index (χ4v) is 2.87. The van der Waals surface area contributed by atoms with Crippen LogP contribution < -0.4 is 4.72 Å². The topological polar surface area (TPSA) is 96.4 Å². The van der Waals surface area contributed by atoms with E-state index in [0.717, 1.165) is 0 Å². The molecule has 0 radical (unpaired) electrons. The first-order valence-electron chi connectivity index (χ1n) is 5.77. The van der Waals surface area contributed by atoms with E-state index in [1.165, 1.54) is 24.5 Å². The Morgan fingerprint density at radius 2 is 2.11 bits per heavy atom. The summed E-state index contributed by atoms with van der Waals surface area (Å²) < 4.78 is 26.7. The van der Waals surface area contributed by atoms with Crippen LogP contribution in [0.1, 0.15) is 27.2 Å². The number of hydrogen-bond acceptors (Lipinski definition) is 4. The van der Waals surface area contributed by atoms with E-state index in [9.17, 15) is 13.2 Å². The van der Waals surface area contributed by atoms with Crippen LogP contribution in [0.3, 0.4) is 0 Å². The second-order valence-electron chi connectivity index (χ2n) is 5.33. The van der Waals surface area contributed by atoms with Gasteiger partial charge in [0.05, 0.1) is 6.42 Å². The lowest BCUT2D eigenvalue weighted by molar-refractivity contribution is -0.138. The molecule has 0 saturated heterocycles. The number of sulfonamides is 1. The van der Waals surface area contributed by atoms with Gasteiger partial charge in [0.25, 0.3) is 0 Å². The smallest absolute Gasteiger partial charge is 0.304 e. The zero-order valence-electron chi connectivity index (χ0n) is 11.1. The molecule has 1 rings (SSSR count). The van der Waals surface area contributed by atoms with Gasteiger partial charge in [0.15, 0.2) is 0 Å². The van der Waals surface area contributed by atoms with Crippen molar-refractivity contribution < 1.29 is 18.3 Å². The molecule has 1 atom stereocenters. The van der Waals surface area contributed by atoms with Gasteiger partial charge < -0.3 is 5.11 Å². The molecule has 19 heavy (non-hydrogen) atoms. The SMILES string of the molecule is CC(C)(C)C(CC(=O)O)NS(=O)(=O)c1cccnc1. The van der Waals surface area contributed by atoms with E-state index >= 15 is 0 Å². The molecule has 1 heterocycles. The summed E-state index contributed by atoms with van der Waals surface area (Å²) in [6.45, 7) is 5.35. The Kier molecular flexibility index (Phi) is 4.65. The number of carboxylic acids is 1. The van der Waals surface area contributed by atoms with Gasteiger partial charge >= 0.3 is 5.97 Å². The number of carbonyl (C=O) groups is 1. The average Bonchev–Trinajstić information content (AvgIpc) is 2.27. The van der Waals surface area contributed by atoms with Gasteiger partial charge in [-0.25, -0.2) is 13.1 Å². The second kappa shape index (κ2) is 5.66. The number of carboxylic acid groups (broad SMARTS) is 1. The van der Waals surface area contributed by atoms with E-state index in [1.807, 2.05) is 0 Å². The third kappa shape index (κ3) is 4.60. The molecule has 0 spiro atoms. The van der Waals surface area contributed by atoms with Gasteiger partial charge in [-0.15, -0.1) is 0 Å². The Bertz CT molecular complexity index is 535. The van der Waals surface area contributed by atoms with Crippen molar-refractivity contribution in [3.8, 4) is 0 Å². The monoisotopic (exact) mass is 286 g/mol. The van der Waals surface area contributed by atoms with Crippen molar-refractivity contribution >= 4 is 16.0 Å². The van der Waals surface area contributed by atoms with Crippen molar-refractivity contribution in [3.63, 3.8) is 0 Å². The first-order chi connectivity index (χ1) is 8.63. The van der Waals surface area contributed by atoms with Crippen molar-refractivity contribution in [1.82, 2.24) is 9.71 Å². The number of pyridine rings is 1. The third-order valence-corrected chi connectivity index (χ3v) is 4.12. The molecule has 0 aliphatic rings. The lowest BCUT2D eigenvalue weighted by atomic mass is 9.85. The Morgan fingerprint density at radius 3 is 2.53 bits per heavy atom. The van der Waals surface area contributed by atoms with Gasteiger partial charge in [-0.1, -0.05) is 20.8 Å². The summed E-state index contributed by atoms with van der Waals surface area (Å²) >= 11 is 0. The fraction of sp³-hybridized carbons (Fsp3) is 0.500. The lowest BCUT2D eigenvalue weighted by Gasteiger charge is -2.30. The average molecular weight is 286 g/mol. The zero-order valence-corrected chi connectivity index (χ0v) is 11.9. The molecule has 1 aromatic heterocycles. The van der Waals surface area contributed by atoms with Crippen LogP contribution in [0.5, 0.6) is 0 Å². The van der Waals surface area contributed by atoms with Crippen molar-refractivity contribution in [1.29, 1.82) is 0 Å². The second-order valence-corrected chi connectivity index (χ2v) is 7.04. The van der Waals surface area contributed by atoms with E-state index in [0.29, 0.717) is 0 Å². The fourth-order valence-electron chi connectivity index (χ4n) is 1.46. The number of nitrogens with one attached hydrogen (secondary N) is 1.